The van der Waals surface area contributed by atoms with Crippen LogP contribution in [0.5, 0.6) is 17.2 Å². The van der Waals surface area contributed by atoms with Crippen LogP contribution in [0.3, 0.4) is 0 Å². The van der Waals surface area contributed by atoms with Crippen LogP contribution in [-0.2, 0) is 12.0 Å². The van der Waals surface area contributed by atoms with Gasteiger partial charge in [0.1, 0.15) is 17.1 Å². The number of hydrogen-bond donors (Lipinski definition) is 3. The molecule has 0 saturated carbocycles. The number of ketones is 1. The lowest BCUT2D eigenvalue weighted by molar-refractivity contribution is 0.0693. The second-order valence-electron chi connectivity index (χ2n) is 9.02. The summed E-state index contributed by atoms with van der Waals surface area (Å²) >= 11 is 0. The van der Waals surface area contributed by atoms with Crippen LogP contribution in [0, 0.1) is 11.2 Å². The van der Waals surface area contributed by atoms with E-state index in [1.807, 2.05) is 0 Å². The molecule has 35 heavy (non-hydrogen) atoms. The number of Topliss-reactive ketones (excluding diaryl/α,β-unsaturated/α-hetero) is 1. The minimum Gasteiger partial charge on any atom is -0.507 e. The van der Waals surface area contributed by atoms with Crippen LogP contribution >= 0.6 is 17.0 Å². The van der Waals surface area contributed by atoms with Gasteiger partial charge in [0.25, 0.3) is 0 Å². The summed E-state index contributed by atoms with van der Waals surface area (Å²) in [6, 6.07) is 4.22. The van der Waals surface area contributed by atoms with Gasteiger partial charge in [-0.1, -0.05) is 20.8 Å². The first kappa shape index (κ1) is 28.1. The average Bonchev–Trinajstić information content (AvgIpc) is 3.05. The first-order valence-corrected chi connectivity index (χ1v) is 11.0. The van der Waals surface area contributed by atoms with E-state index >= 15 is 4.39 Å². The molecule has 0 fully saturated rings. The van der Waals surface area contributed by atoms with E-state index < -0.39 is 23.0 Å². The molecule has 1 aliphatic rings. The van der Waals surface area contributed by atoms with Gasteiger partial charge in [-0.3, -0.25) is 10.2 Å². The second kappa shape index (κ2) is 10.6. The maximum Gasteiger partial charge on any atom is 0.339 e. The fourth-order valence-corrected chi connectivity index (χ4v) is 3.95. The molecular formula is C25H30BrFN2O6. The average molecular weight is 553 g/mol. The summed E-state index contributed by atoms with van der Waals surface area (Å²) in [6.07, 6.45) is 0. The van der Waals surface area contributed by atoms with Crippen molar-refractivity contribution in [3.63, 3.8) is 0 Å². The first-order valence-electron chi connectivity index (χ1n) is 11.0. The summed E-state index contributed by atoms with van der Waals surface area (Å²) in [6.45, 7) is 9.23. The zero-order chi connectivity index (χ0) is 25.4. The Kier molecular flexibility index (Phi) is 8.54. The minimum absolute atomic E-state index is 0. The van der Waals surface area contributed by atoms with E-state index in [4.69, 9.17) is 14.9 Å². The highest BCUT2D eigenvalue weighted by Crippen LogP contribution is 2.39. The van der Waals surface area contributed by atoms with Crippen molar-refractivity contribution in [3.8, 4) is 17.2 Å². The Balaban J connectivity index is 0.00000432. The molecule has 190 valence electrons. The maximum atomic E-state index is 15.2. The van der Waals surface area contributed by atoms with E-state index in [-0.39, 0.29) is 76.5 Å². The van der Waals surface area contributed by atoms with Crippen molar-refractivity contribution >= 4 is 34.6 Å². The molecule has 10 heteroatoms. The van der Waals surface area contributed by atoms with Crippen LogP contribution in [0.15, 0.2) is 18.2 Å². The number of nitrogens with zero attached hydrogens (tertiary/aromatic N) is 1. The molecule has 0 amide bonds. The number of rotatable bonds is 8. The predicted octanol–water partition coefficient (Wildman–Crippen LogP) is 4.93. The summed E-state index contributed by atoms with van der Waals surface area (Å²) in [5.41, 5.74) is -0.0279. The van der Waals surface area contributed by atoms with Crippen LogP contribution < -0.4 is 9.47 Å². The summed E-state index contributed by atoms with van der Waals surface area (Å²) in [7, 11) is 0. The van der Waals surface area contributed by atoms with Crippen molar-refractivity contribution < 1.29 is 33.7 Å². The Labute approximate surface area is 213 Å². The molecule has 1 heterocycles. The topological polar surface area (TPSA) is 120 Å². The van der Waals surface area contributed by atoms with E-state index in [0.29, 0.717) is 17.7 Å². The zero-order valence-corrected chi connectivity index (χ0v) is 22.0. The van der Waals surface area contributed by atoms with Crippen molar-refractivity contribution in [1.82, 2.24) is 4.90 Å². The lowest BCUT2D eigenvalue weighted by Gasteiger charge is -2.23. The third-order valence-electron chi connectivity index (χ3n) is 5.58. The first-order chi connectivity index (χ1) is 15.9. The van der Waals surface area contributed by atoms with Gasteiger partial charge < -0.3 is 24.6 Å². The molecule has 0 unspecified atom stereocenters. The molecule has 3 N–H and O–H groups in total. The molecule has 0 aliphatic carbocycles. The number of aromatic hydroxyl groups is 1. The number of carboxylic acids is 1. The zero-order valence-electron chi connectivity index (χ0n) is 20.3. The largest absolute Gasteiger partial charge is 0.507 e. The van der Waals surface area contributed by atoms with Gasteiger partial charge >= 0.3 is 5.97 Å². The molecule has 1 aliphatic heterocycles. The van der Waals surface area contributed by atoms with Crippen molar-refractivity contribution in [1.29, 1.82) is 5.41 Å². The highest BCUT2D eigenvalue weighted by atomic mass is 79.9. The third-order valence-corrected chi connectivity index (χ3v) is 5.58. The monoisotopic (exact) mass is 552 g/mol. The molecule has 8 nitrogen and oxygen atoms in total. The Morgan fingerprint density at radius 2 is 1.77 bits per heavy atom. The highest BCUT2D eigenvalue weighted by molar-refractivity contribution is 8.93. The number of hydrogen-bond acceptors (Lipinski definition) is 6. The van der Waals surface area contributed by atoms with Crippen molar-refractivity contribution in [2.75, 3.05) is 19.8 Å². The number of fused-ring (bicyclic) bond motifs is 1. The highest BCUT2D eigenvalue weighted by Gasteiger charge is 2.33. The number of phenols is 1. The molecule has 2 aromatic rings. The number of ether oxygens (including phenoxy) is 2. The Morgan fingerprint density at radius 3 is 2.31 bits per heavy atom. The number of nitrogens with one attached hydrogen (secondary N) is 1. The molecule has 0 saturated heterocycles. The van der Waals surface area contributed by atoms with Gasteiger partial charge in [0, 0.05) is 17.7 Å². The van der Waals surface area contributed by atoms with Crippen LogP contribution in [0.4, 0.5) is 4.39 Å². The van der Waals surface area contributed by atoms with E-state index in [0.717, 1.165) is 6.07 Å². The molecule has 3 rings (SSSR count). The van der Waals surface area contributed by atoms with Crippen LogP contribution in [0.1, 0.15) is 72.0 Å². The Morgan fingerprint density at radius 1 is 1.14 bits per heavy atom. The summed E-state index contributed by atoms with van der Waals surface area (Å²) in [5, 5.41) is 28.4. The number of carbonyl (C=O) groups is 2. The van der Waals surface area contributed by atoms with Crippen LogP contribution in [-0.4, -0.2) is 52.5 Å². The lowest BCUT2D eigenvalue weighted by Crippen LogP contribution is -2.31. The molecule has 0 atom stereocenters. The maximum absolute atomic E-state index is 15.2. The minimum atomic E-state index is -1.35. The van der Waals surface area contributed by atoms with E-state index in [1.54, 1.807) is 40.7 Å². The van der Waals surface area contributed by atoms with E-state index in [2.05, 4.69) is 0 Å². The lowest BCUT2D eigenvalue weighted by atomic mass is 9.83. The molecule has 0 bridgehead atoms. The Hall–Kier alpha value is -3.14. The predicted molar refractivity (Wildman–Crippen MR) is 134 cm³/mol. The normalized spacial score (nSPS) is 12.7. The molecular weight excluding hydrogens is 523 g/mol. The van der Waals surface area contributed by atoms with Crippen LogP contribution in [0.2, 0.25) is 0 Å². The second-order valence-corrected chi connectivity index (χ2v) is 9.02. The van der Waals surface area contributed by atoms with Crippen molar-refractivity contribution in [2.24, 2.45) is 0 Å². The van der Waals surface area contributed by atoms with Gasteiger partial charge in [-0.15, -0.1) is 17.0 Å². The Bertz CT molecular complexity index is 1180. The molecule has 0 radical (unpaired) electrons. The van der Waals surface area contributed by atoms with Gasteiger partial charge in [-0.25, -0.2) is 9.18 Å². The third kappa shape index (κ3) is 5.42. The summed E-state index contributed by atoms with van der Waals surface area (Å²) in [5.74, 6) is -2.91. The van der Waals surface area contributed by atoms with Crippen molar-refractivity contribution in [2.45, 2.75) is 46.6 Å². The standard InChI is InChI=1S/C25H29FN2O6.BrH/c1-6-33-18-10-14-11-28(23(27)19(14)20(26)22(18)34-7-2)12-17(29)13-8-15(24(31)32)21(30)16(9-13)25(3,4)5;/h8-10,27,30H,6-7,11-12H2,1-5H3,(H,31,32);1H. The number of benzene rings is 2. The van der Waals surface area contributed by atoms with Crippen molar-refractivity contribution in [3.05, 3.63) is 51.8 Å². The van der Waals surface area contributed by atoms with Crippen LogP contribution in [0.25, 0.3) is 0 Å². The number of carbonyl (C=O) groups excluding carboxylic acids is 1. The van der Waals surface area contributed by atoms with Gasteiger partial charge in [0.2, 0.25) is 0 Å². The smallest absolute Gasteiger partial charge is 0.339 e. The number of carboxylic acid groups (broad SMARTS) is 1. The fraction of sp³-hybridized carbons (Fsp3) is 0.400. The SMILES string of the molecule is Br.CCOc1cc2c(c(F)c1OCC)C(=N)N(CC(=O)c1cc(C(=O)O)c(O)c(C(C)(C)C)c1)C2. The number of aromatic carboxylic acids is 1. The quantitative estimate of drug-likeness (QED) is 0.397. The summed E-state index contributed by atoms with van der Waals surface area (Å²) < 4.78 is 26.2. The van der Waals surface area contributed by atoms with E-state index in [1.165, 1.54) is 11.0 Å². The fourth-order valence-electron chi connectivity index (χ4n) is 3.95. The number of amidine groups is 1. The van der Waals surface area contributed by atoms with E-state index in [9.17, 15) is 19.8 Å². The van der Waals surface area contributed by atoms with Gasteiger partial charge in [0.15, 0.2) is 23.1 Å². The van der Waals surface area contributed by atoms with Gasteiger partial charge in [0.05, 0.1) is 25.3 Å². The summed E-state index contributed by atoms with van der Waals surface area (Å²) in [4.78, 5) is 26.2. The van der Waals surface area contributed by atoms with Gasteiger partial charge in [-0.2, -0.15) is 0 Å². The molecule has 0 aromatic heterocycles. The van der Waals surface area contributed by atoms with Gasteiger partial charge in [-0.05, 0) is 43.0 Å². The number of halogens is 2. The molecule has 0 spiro atoms. The molecule has 2 aromatic carbocycles.